The van der Waals surface area contributed by atoms with Gasteiger partial charge in [-0.2, -0.15) is 0 Å². The molecule has 0 aliphatic carbocycles. The molecular weight excluding hydrogens is 192 g/mol. The standard InChI is InChI=1S/C11H10N2O2/c14-11(15)7-13-6-10(12-8-13)9-4-2-1-3-5-9/h1-6,8H,7H2,(H,14,15). The minimum Gasteiger partial charge on any atom is -0.480 e. The first-order valence-corrected chi connectivity index (χ1v) is 4.55. The zero-order chi connectivity index (χ0) is 10.7. The van der Waals surface area contributed by atoms with Gasteiger partial charge in [0.15, 0.2) is 0 Å². The SMILES string of the molecule is O=C(O)Cn1cnc(-c2ccccc2)c1. The molecule has 2 rings (SSSR count). The van der Waals surface area contributed by atoms with Gasteiger partial charge in [-0.3, -0.25) is 4.79 Å². The van der Waals surface area contributed by atoms with Crippen molar-refractivity contribution in [3.05, 3.63) is 42.9 Å². The van der Waals surface area contributed by atoms with Crippen molar-refractivity contribution in [2.24, 2.45) is 0 Å². The second-order valence-electron chi connectivity index (χ2n) is 3.19. The molecule has 76 valence electrons. The van der Waals surface area contributed by atoms with Gasteiger partial charge in [0.2, 0.25) is 0 Å². The van der Waals surface area contributed by atoms with Crippen LogP contribution >= 0.6 is 0 Å². The Kier molecular flexibility index (Phi) is 2.49. The number of aromatic nitrogens is 2. The van der Waals surface area contributed by atoms with Crippen molar-refractivity contribution in [3.63, 3.8) is 0 Å². The summed E-state index contributed by atoms with van der Waals surface area (Å²) in [5.41, 5.74) is 1.78. The minimum absolute atomic E-state index is 0.0557. The molecule has 0 aliphatic heterocycles. The molecule has 0 saturated heterocycles. The van der Waals surface area contributed by atoms with Crippen LogP contribution in [0.25, 0.3) is 11.3 Å². The Balaban J connectivity index is 2.24. The fourth-order valence-electron chi connectivity index (χ4n) is 1.36. The third-order valence-corrected chi connectivity index (χ3v) is 2.02. The molecule has 0 aliphatic rings. The summed E-state index contributed by atoms with van der Waals surface area (Å²) in [4.78, 5) is 14.6. The van der Waals surface area contributed by atoms with Crippen LogP contribution in [0.15, 0.2) is 42.9 Å². The monoisotopic (exact) mass is 202 g/mol. The topological polar surface area (TPSA) is 55.1 Å². The number of imidazole rings is 1. The Morgan fingerprint density at radius 2 is 2.07 bits per heavy atom. The maximum Gasteiger partial charge on any atom is 0.323 e. The summed E-state index contributed by atoms with van der Waals surface area (Å²) in [6.07, 6.45) is 3.25. The molecule has 1 heterocycles. The molecule has 0 spiro atoms. The normalized spacial score (nSPS) is 10.1. The van der Waals surface area contributed by atoms with Crippen molar-refractivity contribution in [2.75, 3.05) is 0 Å². The van der Waals surface area contributed by atoms with Gasteiger partial charge in [0.05, 0.1) is 12.0 Å². The number of carbonyl (C=O) groups is 1. The van der Waals surface area contributed by atoms with E-state index in [1.807, 2.05) is 30.3 Å². The first kappa shape index (κ1) is 9.45. The molecule has 0 unspecified atom stereocenters. The van der Waals surface area contributed by atoms with E-state index in [0.29, 0.717) is 0 Å². The summed E-state index contributed by atoms with van der Waals surface area (Å²) in [6, 6.07) is 9.65. The number of carboxylic acid groups (broad SMARTS) is 1. The van der Waals surface area contributed by atoms with Gasteiger partial charge in [0.1, 0.15) is 6.54 Å². The summed E-state index contributed by atoms with van der Waals surface area (Å²) in [5, 5.41) is 8.60. The number of benzene rings is 1. The van der Waals surface area contributed by atoms with Crippen LogP contribution in [-0.2, 0) is 11.3 Å². The molecule has 4 nitrogen and oxygen atoms in total. The van der Waals surface area contributed by atoms with Crippen LogP contribution in [0.3, 0.4) is 0 Å². The highest BCUT2D eigenvalue weighted by atomic mass is 16.4. The second kappa shape index (κ2) is 3.96. The molecule has 0 fully saturated rings. The van der Waals surface area contributed by atoms with Crippen molar-refractivity contribution in [3.8, 4) is 11.3 Å². The van der Waals surface area contributed by atoms with Crippen LogP contribution in [0.4, 0.5) is 0 Å². The van der Waals surface area contributed by atoms with E-state index in [0.717, 1.165) is 11.3 Å². The van der Waals surface area contributed by atoms with Crippen molar-refractivity contribution in [2.45, 2.75) is 6.54 Å². The van der Waals surface area contributed by atoms with Crippen LogP contribution in [0.2, 0.25) is 0 Å². The van der Waals surface area contributed by atoms with Crippen molar-refractivity contribution in [1.82, 2.24) is 9.55 Å². The van der Waals surface area contributed by atoms with Gasteiger partial charge in [-0.15, -0.1) is 0 Å². The molecule has 0 amide bonds. The van der Waals surface area contributed by atoms with Crippen molar-refractivity contribution in [1.29, 1.82) is 0 Å². The van der Waals surface area contributed by atoms with E-state index in [4.69, 9.17) is 5.11 Å². The van der Waals surface area contributed by atoms with Crippen molar-refractivity contribution >= 4 is 5.97 Å². The minimum atomic E-state index is -0.869. The highest BCUT2D eigenvalue weighted by Gasteiger charge is 2.03. The van der Waals surface area contributed by atoms with Crippen LogP contribution in [0, 0.1) is 0 Å². The summed E-state index contributed by atoms with van der Waals surface area (Å²) < 4.78 is 1.55. The number of aliphatic carboxylic acids is 1. The fraction of sp³-hybridized carbons (Fsp3) is 0.0909. The largest absolute Gasteiger partial charge is 0.480 e. The zero-order valence-electron chi connectivity index (χ0n) is 8.00. The number of rotatable bonds is 3. The predicted molar refractivity (Wildman–Crippen MR) is 55.3 cm³/mol. The van der Waals surface area contributed by atoms with Gasteiger partial charge in [-0.05, 0) is 0 Å². The molecule has 1 aromatic heterocycles. The Bertz CT molecular complexity index is 462. The molecule has 0 atom stereocenters. The van der Waals surface area contributed by atoms with Gasteiger partial charge >= 0.3 is 5.97 Å². The molecule has 2 aromatic rings. The quantitative estimate of drug-likeness (QED) is 0.823. The van der Waals surface area contributed by atoms with Gasteiger partial charge in [-0.1, -0.05) is 30.3 Å². The van der Waals surface area contributed by atoms with E-state index in [1.165, 1.54) is 6.33 Å². The van der Waals surface area contributed by atoms with Gasteiger partial charge < -0.3 is 9.67 Å². The summed E-state index contributed by atoms with van der Waals surface area (Å²) >= 11 is 0. The van der Waals surface area contributed by atoms with E-state index < -0.39 is 5.97 Å². The number of nitrogens with zero attached hydrogens (tertiary/aromatic N) is 2. The molecule has 15 heavy (non-hydrogen) atoms. The summed E-state index contributed by atoms with van der Waals surface area (Å²) in [7, 11) is 0. The summed E-state index contributed by atoms with van der Waals surface area (Å²) in [6.45, 7) is -0.0557. The molecule has 1 aromatic carbocycles. The average Bonchev–Trinajstić information content (AvgIpc) is 2.67. The Hall–Kier alpha value is -2.10. The van der Waals surface area contributed by atoms with Gasteiger partial charge in [-0.25, -0.2) is 4.98 Å². The maximum absolute atomic E-state index is 10.5. The fourth-order valence-corrected chi connectivity index (χ4v) is 1.36. The number of hydrogen-bond donors (Lipinski definition) is 1. The molecule has 0 saturated carbocycles. The van der Waals surface area contributed by atoms with Gasteiger partial charge in [0, 0.05) is 11.8 Å². The van der Waals surface area contributed by atoms with Crippen LogP contribution in [0.1, 0.15) is 0 Å². The van der Waals surface area contributed by atoms with E-state index in [-0.39, 0.29) is 6.54 Å². The lowest BCUT2D eigenvalue weighted by Crippen LogP contribution is -2.06. The smallest absolute Gasteiger partial charge is 0.323 e. The Morgan fingerprint density at radius 3 is 2.73 bits per heavy atom. The lowest BCUT2D eigenvalue weighted by molar-refractivity contribution is -0.137. The number of carboxylic acids is 1. The highest BCUT2D eigenvalue weighted by Crippen LogP contribution is 2.15. The van der Waals surface area contributed by atoms with E-state index in [9.17, 15) is 4.79 Å². The van der Waals surface area contributed by atoms with E-state index in [2.05, 4.69) is 4.98 Å². The Morgan fingerprint density at radius 1 is 1.33 bits per heavy atom. The van der Waals surface area contributed by atoms with Crippen LogP contribution in [-0.4, -0.2) is 20.6 Å². The molecule has 0 radical (unpaired) electrons. The summed E-state index contributed by atoms with van der Waals surface area (Å²) in [5.74, 6) is -0.869. The molecule has 0 bridgehead atoms. The molecular formula is C11H10N2O2. The second-order valence-corrected chi connectivity index (χ2v) is 3.19. The number of hydrogen-bond acceptors (Lipinski definition) is 2. The van der Waals surface area contributed by atoms with Crippen molar-refractivity contribution < 1.29 is 9.90 Å². The van der Waals surface area contributed by atoms with Crippen LogP contribution < -0.4 is 0 Å². The first-order chi connectivity index (χ1) is 7.25. The first-order valence-electron chi connectivity index (χ1n) is 4.55. The zero-order valence-corrected chi connectivity index (χ0v) is 8.00. The highest BCUT2D eigenvalue weighted by molar-refractivity contribution is 5.67. The molecule has 4 heteroatoms. The predicted octanol–water partition coefficient (Wildman–Crippen LogP) is 1.63. The lowest BCUT2D eigenvalue weighted by Gasteiger charge is -1.95. The average molecular weight is 202 g/mol. The van der Waals surface area contributed by atoms with E-state index >= 15 is 0 Å². The van der Waals surface area contributed by atoms with Gasteiger partial charge in [0.25, 0.3) is 0 Å². The molecule has 1 N–H and O–H groups in total. The maximum atomic E-state index is 10.5. The van der Waals surface area contributed by atoms with Crippen LogP contribution in [0.5, 0.6) is 0 Å². The Labute approximate surface area is 86.8 Å². The lowest BCUT2D eigenvalue weighted by atomic mass is 10.2. The third-order valence-electron chi connectivity index (χ3n) is 2.02. The van der Waals surface area contributed by atoms with E-state index in [1.54, 1.807) is 10.8 Å². The third kappa shape index (κ3) is 2.22.